The van der Waals surface area contributed by atoms with Crippen molar-refractivity contribution in [1.29, 1.82) is 0 Å². The van der Waals surface area contributed by atoms with Gasteiger partial charge in [0.25, 0.3) is 0 Å². The number of hydrogen-bond acceptors (Lipinski definition) is 0. The Morgan fingerprint density at radius 3 is 1.45 bits per heavy atom. The molecule has 1 heterocycles. The normalized spacial score (nSPS) is 22.2. The lowest BCUT2D eigenvalue weighted by molar-refractivity contribution is 0.716. The van der Waals surface area contributed by atoms with Crippen molar-refractivity contribution in [3.63, 3.8) is 0 Å². The summed E-state index contributed by atoms with van der Waals surface area (Å²) in [5.41, 5.74) is 0. The summed E-state index contributed by atoms with van der Waals surface area (Å²) in [5, 5.41) is 0. The summed E-state index contributed by atoms with van der Waals surface area (Å²) in [5.74, 6) is 2.43. The molecule has 0 radical (unpaired) electrons. The van der Waals surface area contributed by atoms with Gasteiger partial charge in [0.2, 0.25) is 0 Å². The van der Waals surface area contributed by atoms with Gasteiger partial charge in [0.05, 0.1) is 0 Å². The lowest BCUT2D eigenvalue weighted by Crippen LogP contribution is -1.70. The van der Waals surface area contributed by atoms with E-state index in [1.54, 1.807) is 25.7 Å². The first kappa shape index (κ1) is 6.96. The van der Waals surface area contributed by atoms with Crippen LogP contribution in [0.1, 0.15) is 25.7 Å². The Labute approximate surface area is 67.8 Å². The molecule has 1 nitrogen and oxygen atoms in total. The monoisotopic (exact) mass is 149 g/mol. The lowest BCUT2D eigenvalue weighted by Gasteiger charge is -1.77. The molecule has 1 aromatic rings. The van der Waals surface area contributed by atoms with Crippen molar-refractivity contribution in [3.05, 3.63) is 24.5 Å². The zero-order valence-corrected chi connectivity index (χ0v) is 6.79. The van der Waals surface area contributed by atoms with Crippen LogP contribution in [0.15, 0.2) is 24.5 Å². The smallest absolute Gasteiger partial charge is 0.000496 e. The van der Waals surface area contributed by atoms with Crippen LogP contribution < -0.4 is 0 Å². The van der Waals surface area contributed by atoms with E-state index in [9.17, 15) is 0 Å². The van der Waals surface area contributed by atoms with Crippen molar-refractivity contribution >= 4 is 0 Å². The minimum Gasteiger partial charge on any atom is -0.368 e. The van der Waals surface area contributed by atoms with Gasteiger partial charge in [-0.05, 0) is 49.7 Å². The summed E-state index contributed by atoms with van der Waals surface area (Å²) in [4.78, 5) is 2.86. The number of aromatic amines is 1. The van der Waals surface area contributed by atoms with E-state index in [1.807, 2.05) is 24.5 Å². The van der Waals surface area contributed by atoms with Crippen LogP contribution in [0, 0.1) is 11.8 Å². The highest BCUT2D eigenvalue weighted by molar-refractivity contribution is 4.89. The van der Waals surface area contributed by atoms with E-state index in [0.29, 0.717) is 0 Å². The van der Waals surface area contributed by atoms with Gasteiger partial charge in [-0.2, -0.15) is 0 Å². The Hall–Kier alpha value is -0.720. The van der Waals surface area contributed by atoms with E-state index in [0.717, 1.165) is 0 Å². The first-order chi connectivity index (χ1) is 5.47. The van der Waals surface area contributed by atoms with Crippen molar-refractivity contribution in [2.75, 3.05) is 0 Å². The fraction of sp³-hybridized carbons (Fsp3) is 0.600. The highest BCUT2D eigenvalue weighted by Crippen LogP contribution is 2.49. The molecule has 0 aromatic carbocycles. The van der Waals surface area contributed by atoms with E-state index in [1.165, 1.54) is 11.8 Å². The summed E-state index contributed by atoms with van der Waals surface area (Å²) in [6, 6.07) is 3.89. The van der Waals surface area contributed by atoms with Crippen LogP contribution in [0.3, 0.4) is 0 Å². The van der Waals surface area contributed by atoms with Gasteiger partial charge in [0, 0.05) is 12.4 Å². The molecule has 1 N–H and O–H groups in total. The largest absolute Gasteiger partial charge is 0.368 e. The van der Waals surface area contributed by atoms with Crippen LogP contribution in [0.2, 0.25) is 0 Å². The summed E-state index contributed by atoms with van der Waals surface area (Å²) in [7, 11) is 0. The summed E-state index contributed by atoms with van der Waals surface area (Å²) in [6.45, 7) is 0. The average molecular weight is 149 g/mol. The zero-order chi connectivity index (χ0) is 7.52. The number of H-pyrrole nitrogens is 1. The Morgan fingerprint density at radius 2 is 1.27 bits per heavy atom. The number of aromatic nitrogens is 1. The quantitative estimate of drug-likeness (QED) is 0.632. The van der Waals surface area contributed by atoms with Gasteiger partial charge in [-0.25, -0.2) is 0 Å². The summed E-state index contributed by atoms with van der Waals surface area (Å²) >= 11 is 0. The van der Waals surface area contributed by atoms with E-state index >= 15 is 0 Å². The molecular weight excluding hydrogens is 134 g/mol. The maximum absolute atomic E-state index is 2.86. The van der Waals surface area contributed by atoms with Gasteiger partial charge in [0.1, 0.15) is 0 Å². The van der Waals surface area contributed by atoms with Crippen molar-refractivity contribution in [2.24, 2.45) is 11.8 Å². The topological polar surface area (TPSA) is 15.8 Å². The highest BCUT2D eigenvalue weighted by Gasteiger charge is 2.37. The molecule has 0 spiro atoms. The zero-order valence-electron chi connectivity index (χ0n) is 6.79. The molecule has 60 valence electrons. The Morgan fingerprint density at radius 1 is 0.818 bits per heavy atom. The van der Waals surface area contributed by atoms with E-state index in [4.69, 9.17) is 0 Å². The molecule has 1 aromatic heterocycles. The molecule has 0 aliphatic heterocycles. The maximum Gasteiger partial charge on any atom is 0.000496 e. The first-order valence-electron chi connectivity index (χ1n) is 4.54. The van der Waals surface area contributed by atoms with Gasteiger partial charge < -0.3 is 4.98 Å². The van der Waals surface area contributed by atoms with Crippen LogP contribution in [0.25, 0.3) is 0 Å². The minimum absolute atomic E-state index is 1.21. The van der Waals surface area contributed by atoms with Gasteiger partial charge in [-0.3, -0.25) is 0 Å². The second-order valence-electron chi connectivity index (χ2n) is 3.56. The van der Waals surface area contributed by atoms with Crippen LogP contribution in [0.4, 0.5) is 0 Å². The molecule has 2 aliphatic rings. The van der Waals surface area contributed by atoms with Crippen molar-refractivity contribution < 1.29 is 0 Å². The molecule has 0 atom stereocenters. The minimum atomic E-state index is 1.21. The lowest BCUT2D eigenvalue weighted by atomic mass is 10.3. The van der Waals surface area contributed by atoms with Gasteiger partial charge >= 0.3 is 0 Å². The van der Waals surface area contributed by atoms with Crippen LogP contribution in [0.5, 0.6) is 0 Å². The molecule has 0 amide bonds. The average Bonchev–Trinajstić information content (AvgIpc) is 2.90. The van der Waals surface area contributed by atoms with Crippen molar-refractivity contribution in [2.45, 2.75) is 25.7 Å². The van der Waals surface area contributed by atoms with E-state index in [-0.39, 0.29) is 0 Å². The van der Waals surface area contributed by atoms with Crippen molar-refractivity contribution in [1.82, 2.24) is 4.98 Å². The Kier molecular flexibility index (Phi) is 1.97. The third-order valence-corrected chi connectivity index (χ3v) is 2.41. The summed E-state index contributed by atoms with van der Waals surface area (Å²) in [6.07, 6.45) is 9.99. The third-order valence-electron chi connectivity index (χ3n) is 2.41. The molecule has 1 heteroatoms. The third kappa shape index (κ3) is 2.41. The Balaban J connectivity index is 0.0000000893. The van der Waals surface area contributed by atoms with Gasteiger partial charge in [0.15, 0.2) is 0 Å². The number of hydrogen-bond donors (Lipinski definition) is 1. The molecule has 0 unspecified atom stereocenters. The van der Waals surface area contributed by atoms with Gasteiger partial charge in [-0.15, -0.1) is 0 Å². The standard InChI is InChI=1S/C6H10.C4H5N/c1-2-5(1)6-3-4-6;1-2-4-5-3-1/h5-6H,1-4H2;1-5H. The van der Waals surface area contributed by atoms with Crippen LogP contribution in [-0.2, 0) is 0 Å². The Bertz CT molecular complexity index is 155. The molecule has 3 rings (SSSR count). The predicted molar refractivity (Wildman–Crippen MR) is 46.2 cm³/mol. The predicted octanol–water partition coefficient (Wildman–Crippen LogP) is 2.82. The SMILES string of the molecule is C1CC1C1CC1.c1cc[nH]c1. The van der Waals surface area contributed by atoms with Crippen LogP contribution >= 0.6 is 0 Å². The molecule has 0 bridgehead atoms. The molecule has 2 fully saturated rings. The molecule has 0 saturated heterocycles. The fourth-order valence-corrected chi connectivity index (χ4v) is 1.41. The number of rotatable bonds is 1. The molecule has 2 aliphatic carbocycles. The second-order valence-corrected chi connectivity index (χ2v) is 3.56. The molecule has 2 saturated carbocycles. The van der Waals surface area contributed by atoms with E-state index < -0.39 is 0 Å². The maximum atomic E-state index is 2.86. The first-order valence-corrected chi connectivity index (χ1v) is 4.54. The highest BCUT2D eigenvalue weighted by atomic mass is 14.6. The van der Waals surface area contributed by atoms with Crippen LogP contribution in [-0.4, -0.2) is 4.98 Å². The fourth-order valence-electron chi connectivity index (χ4n) is 1.41. The van der Waals surface area contributed by atoms with E-state index in [2.05, 4.69) is 4.98 Å². The molecule has 11 heavy (non-hydrogen) atoms. The second kappa shape index (κ2) is 3.12. The number of nitrogens with one attached hydrogen (secondary N) is 1. The summed E-state index contributed by atoms with van der Waals surface area (Å²) < 4.78 is 0. The van der Waals surface area contributed by atoms with Gasteiger partial charge in [-0.1, -0.05) is 0 Å². The molecular formula is C10H15N. The van der Waals surface area contributed by atoms with Crippen molar-refractivity contribution in [3.8, 4) is 0 Å².